The smallest absolute Gasteiger partial charge is 0.224 e. The molecular formula is C13H23N3O2. The highest BCUT2D eigenvalue weighted by Gasteiger charge is 2.25. The first kappa shape index (κ1) is 14.9. The predicted octanol–water partition coefficient (Wildman–Crippen LogP) is 0.859. The normalized spacial score (nSPS) is 18.4. The van der Waals surface area contributed by atoms with Crippen molar-refractivity contribution in [2.24, 2.45) is 0 Å². The number of nitrogens with zero attached hydrogens (tertiary/aromatic N) is 3. The Labute approximate surface area is 109 Å². The maximum absolute atomic E-state index is 11.8. The lowest BCUT2D eigenvalue weighted by atomic mass is 10.1. The molecule has 1 aliphatic rings. The molecule has 0 aromatic carbocycles. The third kappa shape index (κ3) is 4.28. The number of rotatable bonds is 6. The van der Waals surface area contributed by atoms with Gasteiger partial charge in [-0.1, -0.05) is 13.3 Å². The van der Waals surface area contributed by atoms with Gasteiger partial charge in [-0.3, -0.25) is 9.69 Å². The van der Waals surface area contributed by atoms with Gasteiger partial charge in [0.1, 0.15) is 0 Å². The van der Waals surface area contributed by atoms with Crippen LogP contribution in [0, 0.1) is 11.3 Å². The summed E-state index contributed by atoms with van der Waals surface area (Å²) in [5.74, 6) is 0.153. The fourth-order valence-electron chi connectivity index (χ4n) is 2.23. The predicted molar refractivity (Wildman–Crippen MR) is 69.0 cm³/mol. The average molecular weight is 253 g/mol. The van der Waals surface area contributed by atoms with Gasteiger partial charge in [-0.15, -0.1) is 0 Å². The fourth-order valence-corrected chi connectivity index (χ4v) is 2.23. The van der Waals surface area contributed by atoms with E-state index in [1.165, 1.54) is 0 Å². The molecule has 1 saturated heterocycles. The second-order valence-electron chi connectivity index (χ2n) is 4.59. The van der Waals surface area contributed by atoms with Crippen LogP contribution >= 0.6 is 0 Å². The number of nitriles is 1. The molecule has 1 unspecified atom stereocenters. The van der Waals surface area contributed by atoms with Gasteiger partial charge < -0.3 is 9.64 Å². The lowest BCUT2D eigenvalue weighted by molar-refractivity contribution is -0.134. The van der Waals surface area contributed by atoms with Crippen molar-refractivity contribution in [1.29, 1.82) is 5.26 Å². The van der Waals surface area contributed by atoms with E-state index in [0.29, 0.717) is 13.0 Å². The van der Waals surface area contributed by atoms with E-state index < -0.39 is 0 Å². The number of amides is 1. The molecule has 0 N–H and O–H groups in total. The topological polar surface area (TPSA) is 56.6 Å². The highest BCUT2D eigenvalue weighted by Crippen LogP contribution is 2.11. The molecular weight excluding hydrogens is 230 g/mol. The Hall–Kier alpha value is -1.12. The van der Waals surface area contributed by atoms with Crippen LogP contribution in [0.25, 0.3) is 0 Å². The Kier molecular flexibility index (Phi) is 6.69. The molecule has 18 heavy (non-hydrogen) atoms. The second kappa shape index (κ2) is 8.06. The van der Waals surface area contributed by atoms with Gasteiger partial charge in [0.2, 0.25) is 5.91 Å². The fraction of sp³-hybridized carbons (Fsp3) is 0.846. The summed E-state index contributed by atoms with van der Waals surface area (Å²) in [5.41, 5.74) is 0. The zero-order chi connectivity index (χ0) is 13.4. The van der Waals surface area contributed by atoms with Crippen LogP contribution in [0.5, 0.6) is 0 Å². The molecule has 0 saturated carbocycles. The Bertz CT molecular complexity index is 293. The first-order valence-corrected chi connectivity index (χ1v) is 6.63. The van der Waals surface area contributed by atoms with Crippen molar-refractivity contribution in [3.63, 3.8) is 0 Å². The van der Waals surface area contributed by atoms with Gasteiger partial charge in [-0.25, -0.2) is 0 Å². The molecule has 5 heteroatoms. The molecule has 102 valence electrons. The van der Waals surface area contributed by atoms with Crippen molar-refractivity contribution in [1.82, 2.24) is 9.80 Å². The molecule has 1 atom stereocenters. The van der Waals surface area contributed by atoms with Crippen LogP contribution in [0.2, 0.25) is 0 Å². The summed E-state index contributed by atoms with van der Waals surface area (Å²) in [6.07, 6.45) is 2.38. The molecule has 1 rings (SSSR count). The van der Waals surface area contributed by atoms with Crippen molar-refractivity contribution in [3.8, 4) is 6.07 Å². The molecule has 0 spiro atoms. The summed E-state index contributed by atoms with van der Waals surface area (Å²) < 4.78 is 4.91. The van der Waals surface area contributed by atoms with Crippen molar-refractivity contribution in [2.75, 3.05) is 39.9 Å². The summed E-state index contributed by atoms with van der Waals surface area (Å²) in [6.45, 7) is 5.63. The van der Waals surface area contributed by atoms with E-state index in [1.807, 2.05) is 4.90 Å². The Morgan fingerprint density at radius 3 is 2.56 bits per heavy atom. The zero-order valence-corrected chi connectivity index (χ0v) is 11.4. The maximum Gasteiger partial charge on any atom is 0.224 e. The van der Waals surface area contributed by atoms with Crippen LogP contribution in [0.3, 0.4) is 0 Å². The van der Waals surface area contributed by atoms with Crippen molar-refractivity contribution < 1.29 is 9.53 Å². The summed E-state index contributed by atoms with van der Waals surface area (Å²) >= 11 is 0. The van der Waals surface area contributed by atoms with Crippen LogP contribution < -0.4 is 0 Å². The van der Waals surface area contributed by atoms with Gasteiger partial charge in [-0.2, -0.15) is 5.26 Å². The number of methoxy groups -OCH3 is 1. The van der Waals surface area contributed by atoms with Crippen LogP contribution in [0.15, 0.2) is 0 Å². The first-order valence-electron chi connectivity index (χ1n) is 6.63. The monoisotopic (exact) mass is 253 g/mol. The van der Waals surface area contributed by atoms with Crippen molar-refractivity contribution in [2.45, 2.75) is 32.2 Å². The number of ether oxygens (including phenoxy) is 1. The van der Waals surface area contributed by atoms with Crippen LogP contribution in [0.1, 0.15) is 26.2 Å². The van der Waals surface area contributed by atoms with E-state index in [1.54, 1.807) is 7.11 Å². The standard InChI is InChI=1S/C13H23N3O2/c1-3-4-12(11-14)15-6-8-16(9-7-15)13(17)5-10-18-2/h12H,3-10H2,1-2H3. The van der Waals surface area contributed by atoms with Gasteiger partial charge in [0.05, 0.1) is 25.1 Å². The molecule has 5 nitrogen and oxygen atoms in total. The third-order valence-electron chi connectivity index (χ3n) is 3.34. The number of carbonyl (C=O) groups excluding carboxylic acids is 1. The highest BCUT2D eigenvalue weighted by atomic mass is 16.5. The lowest BCUT2D eigenvalue weighted by Gasteiger charge is -2.36. The second-order valence-corrected chi connectivity index (χ2v) is 4.59. The third-order valence-corrected chi connectivity index (χ3v) is 3.34. The van der Waals surface area contributed by atoms with Crippen molar-refractivity contribution >= 4 is 5.91 Å². The summed E-state index contributed by atoms with van der Waals surface area (Å²) in [6, 6.07) is 2.36. The van der Waals surface area contributed by atoms with Gasteiger partial charge in [0.15, 0.2) is 0 Å². The molecule has 0 aromatic heterocycles. The van der Waals surface area contributed by atoms with Gasteiger partial charge >= 0.3 is 0 Å². The first-order chi connectivity index (χ1) is 8.72. The van der Waals surface area contributed by atoms with E-state index in [9.17, 15) is 4.79 Å². The zero-order valence-electron chi connectivity index (χ0n) is 11.4. The van der Waals surface area contributed by atoms with E-state index in [4.69, 9.17) is 10.00 Å². The number of piperazine rings is 1. The largest absolute Gasteiger partial charge is 0.384 e. The molecule has 1 amide bonds. The minimum atomic E-state index is 0.00577. The van der Waals surface area contributed by atoms with Crippen LogP contribution in [-0.2, 0) is 9.53 Å². The summed E-state index contributed by atoms with van der Waals surface area (Å²) in [5, 5.41) is 9.11. The van der Waals surface area contributed by atoms with E-state index >= 15 is 0 Å². The number of carbonyl (C=O) groups is 1. The molecule has 1 fully saturated rings. The quantitative estimate of drug-likeness (QED) is 0.704. The number of hydrogen-bond donors (Lipinski definition) is 0. The summed E-state index contributed by atoms with van der Waals surface area (Å²) in [7, 11) is 1.60. The molecule has 0 aliphatic carbocycles. The SMILES string of the molecule is CCCC(C#N)N1CCN(C(=O)CCOC)CC1. The molecule has 1 aliphatic heterocycles. The number of hydrogen-bond acceptors (Lipinski definition) is 4. The Balaban J connectivity index is 2.36. The van der Waals surface area contributed by atoms with Crippen molar-refractivity contribution in [3.05, 3.63) is 0 Å². The van der Waals surface area contributed by atoms with E-state index in [0.717, 1.165) is 39.0 Å². The highest BCUT2D eigenvalue weighted by molar-refractivity contribution is 5.76. The maximum atomic E-state index is 11.8. The Morgan fingerprint density at radius 2 is 2.06 bits per heavy atom. The molecule has 0 bridgehead atoms. The molecule has 0 radical (unpaired) electrons. The summed E-state index contributed by atoms with van der Waals surface area (Å²) in [4.78, 5) is 15.8. The minimum Gasteiger partial charge on any atom is -0.384 e. The lowest BCUT2D eigenvalue weighted by Crippen LogP contribution is -2.51. The van der Waals surface area contributed by atoms with Gasteiger partial charge in [0, 0.05) is 33.3 Å². The Morgan fingerprint density at radius 1 is 1.39 bits per heavy atom. The minimum absolute atomic E-state index is 0.00577. The van der Waals surface area contributed by atoms with Crippen LogP contribution in [-0.4, -0.2) is 61.6 Å². The molecule has 0 aromatic rings. The van der Waals surface area contributed by atoms with Gasteiger partial charge in [0.25, 0.3) is 0 Å². The van der Waals surface area contributed by atoms with E-state index in [-0.39, 0.29) is 11.9 Å². The van der Waals surface area contributed by atoms with Crippen LogP contribution in [0.4, 0.5) is 0 Å². The average Bonchev–Trinajstić information content (AvgIpc) is 2.42. The van der Waals surface area contributed by atoms with Gasteiger partial charge in [-0.05, 0) is 6.42 Å². The molecule has 1 heterocycles. The van der Waals surface area contributed by atoms with E-state index in [2.05, 4.69) is 17.9 Å².